The smallest absolute Gasteiger partial charge is 0.165 e. The van der Waals surface area contributed by atoms with Gasteiger partial charge in [-0.05, 0) is 49.4 Å². The zero-order chi connectivity index (χ0) is 14.5. The molecule has 2 nitrogen and oxygen atoms in total. The first-order valence-electron chi connectivity index (χ1n) is 7.70. The largest absolute Gasteiger partial charge is 0.494 e. The van der Waals surface area contributed by atoms with Crippen molar-refractivity contribution in [3.05, 3.63) is 29.6 Å². The van der Waals surface area contributed by atoms with Gasteiger partial charge in [-0.2, -0.15) is 0 Å². The number of hydrogen-bond acceptors (Lipinski definition) is 2. The van der Waals surface area contributed by atoms with Crippen LogP contribution in [0.5, 0.6) is 5.75 Å². The van der Waals surface area contributed by atoms with Crippen LogP contribution in [0.4, 0.5) is 4.39 Å². The van der Waals surface area contributed by atoms with Crippen molar-refractivity contribution >= 4 is 0 Å². The number of methoxy groups -OCH3 is 1. The summed E-state index contributed by atoms with van der Waals surface area (Å²) in [6.07, 6.45) is 6.43. The van der Waals surface area contributed by atoms with Crippen molar-refractivity contribution in [3.8, 4) is 5.75 Å². The Labute approximate surface area is 121 Å². The predicted molar refractivity (Wildman–Crippen MR) is 80.5 cm³/mol. The van der Waals surface area contributed by atoms with Crippen LogP contribution in [0.1, 0.15) is 50.6 Å². The average Bonchev–Trinajstić information content (AvgIpc) is 2.50. The van der Waals surface area contributed by atoms with Gasteiger partial charge in [-0.3, -0.25) is 0 Å². The summed E-state index contributed by atoms with van der Waals surface area (Å²) in [7, 11) is 3.51. The van der Waals surface area contributed by atoms with Crippen LogP contribution in [0.3, 0.4) is 0 Å². The normalized spacial score (nSPS) is 24.4. The predicted octanol–water partition coefficient (Wildman–Crippen LogP) is 4.31. The molecule has 1 aliphatic carbocycles. The van der Waals surface area contributed by atoms with Gasteiger partial charge in [0.15, 0.2) is 11.6 Å². The second-order valence-electron chi connectivity index (χ2n) is 5.85. The van der Waals surface area contributed by atoms with E-state index >= 15 is 0 Å². The summed E-state index contributed by atoms with van der Waals surface area (Å²) in [5.74, 6) is 1.58. The minimum absolute atomic E-state index is 0.291. The molecule has 1 atom stereocenters. The van der Waals surface area contributed by atoms with Gasteiger partial charge in [0.2, 0.25) is 0 Å². The fourth-order valence-electron chi connectivity index (χ4n) is 3.47. The Hall–Kier alpha value is -1.09. The molecule has 0 radical (unpaired) electrons. The fourth-order valence-corrected chi connectivity index (χ4v) is 3.47. The fraction of sp³-hybridized carbons (Fsp3) is 0.647. The van der Waals surface area contributed by atoms with E-state index in [4.69, 9.17) is 4.74 Å². The van der Waals surface area contributed by atoms with E-state index in [-0.39, 0.29) is 5.82 Å². The van der Waals surface area contributed by atoms with Gasteiger partial charge >= 0.3 is 0 Å². The summed E-state index contributed by atoms with van der Waals surface area (Å²) >= 11 is 0. The van der Waals surface area contributed by atoms with Crippen LogP contribution in [0.25, 0.3) is 0 Å². The Balaban J connectivity index is 2.12. The number of ether oxygens (including phenoxy) is 1. The van der Waals surface area contributed by atoms with Gasteiger partial charge < -0.3 is 10.1 Å². The summed E-state index contributed by atoms with van der Waals surface area (Å²) in [4.78, 5) is 0. The molecule has 1 aromatic carbocycles. The van der Waals surface area contributed by atoms with Crippen LogP contribution in [-0.4, -0.2) is 14.2 Å². The molecule has 0 bridgehead atoms. The zero-order valence-electron chi connectivity index (χ0n) is 12.8. The number of benzene rings is 1. The summed E-state index contributed by atoms with van der Waals surface area (Å²) in [6, 6.07) is 5.52. The third kappa shape index (κ3) is 3.32. The van der Waals surface area contributed by atoms with Crippen molar-refractivity contribution in [2.75, 3.05) is 14.2 Å². The second-order valence-corrected chi connectivity index (χ2v) is 5.85. The molecule has 2 rings (SSSR count). The molecule has 0 aromatic heterocycles. The van der Waals surface area contributed by atoms with Gasteiger partial charge in [0.1, 0.15) is 0 Å². The van der Waals surface area contributed by atoms with Crippen molar-refractivity contribution in [2.24, 2.45) is 11.8 Å². The van der Waals surface area contributed by atoms with Crippen molar-refractivity contribution in [1.29, 1.82) is 0 Å². The van der Waals surface area contributed by atoms with E-state index in [0.29, 0.717) is 17.7 Å². The van der Waals surface area contributed by atoms with Gasteiger partial charge in [0.25, 0.3) is 0 Å². The molecule has 1 saturated carbocycles. The lowest BCUT2D eigenvalue weighted by Gasteiger charge is -2.34. The van der Waals surface area contributed by atoms with Gasteiger partial charge in [-0.15, -0.1) is 0 Å². The Morgan fingerprint density at radius 2 is 2.00 bits per heavy atom. The topological polar surface area (TPSA) is 21.3 Å². The highest BCUT2D eigenvalue weighted by atomic mass is 19.1. The molecule has 1 aromatic rings. The number of nitrogens with one attached hydrogen (secondary N) is 1. The van der Waals surface area contributed by atoms with Crippen LogP contribution in [0.15, 0.2) is 18.2 Å². The van der Waals surface area contributed by atoms with E-state index in [2.05, 4.69) is 12.2 Å². The number of halogens is 1. The molecule has 112 valence electrons. The molecule has 0 spiro atoms. The summed E-state index contributed by atoms with van der Waals surface area (Å²) in [5, 5.41) is 3.41. The molecule has 1 aliphatic rings. The number of rotatable bonds is 5. The Kier molecular flexibility index (Phi) is 5.41. The Morgan fingerprint density at radius 1 is 1.30 bits per heavy atom. The molecule has 1 N–H and O–H groups in total. The monoisotopic (exact) mass is 279 g/mol. The molecular weight excluding hydrogens is 253 g/mol. The average molecular weight is 279 g/mol. The van der Waals surface area contributed by atoms with Gasteiger partial charge in [0.05, 0.1) is 7.11 Å². The Bertz CT molecular complexity index is 427. The molecule has 0 saturated heterocycles. The molecule has 3 heteroatoms. The van der Waals surface area contributed by atoms with E-state index in [9.17, 15) is 4.39 Å². The van der Waals surface area contributed by atoms with Gasteiger partial charge in [0, 0.05) is 6.04 Å². The second kappa shape index (κ2) is 7.07. The standard InChI is InChI=1S/C17H26FNO/c1-4-12-5-7-13(8-6-12)17(19-2)14-9-10-15(18)16(11-14)20-3/h9-13,17,19H,4-8H2,1-3H3. The van der Waals surface area contributed by atoms with Crippen LogP contribution in [0.2, 0.25) is 0 Å². The van der Waals surface area contributed by atoms with E-state index in [1.165, 1.54) is 45.3 Å². The first-order valence-corrected chi connectivity index (χ1v) is 7.70. The molecular formula is C17H26FNO. The maximum absolute atomic E-state index is 13.5. The SMILES string of the molecule is CCC1CCC(C(NC)c2ccc(F)c(OC)c2)CC1. The molecule has 0 aliphatic heterocycles. The van der Waals surface area contributed by atoms with E-state index < -0.39 is 0 Å². The summed E-state index contributed by atoms with van der Waals surface area (Å²) < 4.78 is 18.6. The van der Waals surface area contributed by atoms with Crippen molar-refractivity contribution in [1.82, 2.24) is 5.32 Å². The van der Waals surface area contributed by atoms with Crippen molar-refractivity contribution in [2.45, 2.75) is 45.1 Å². The van der Waals surface area contributed by atoms with E-state index in [1.807, 2.05) is 19.2 Å². The minimum Gasteiger partial charge on any atom is -0.494 e. The maximum Gasteiger partial charge on any atom is 0.165 e. The van der Waals surface area contributed by atoms with Crippen molar-refractivity contribution < 1.29 is 9.13 Å². The van der Waals surface area contributed by atoms with Crippen LogP contribution in [-0.2, 0) is 0 Å². The quantitative estimate of drug-likeness (QED) is 0.867. The molecule has 1 unspecified atom stereocenters. The highest BCUT2D eigenvalue weighted by molar-refractivity contribution is 5.32. The minimum atomic E-state index is -0.291. The summed E-state index contributed by atoms with van der Waals surface area (Å²) in [5.41, 5.74) is 1.13. The lowest BCUT2D eigenvalue weighted by atomic mass is 9.76. The number of hydrogen-bond donors (Lipinski definition) is 1. The highest BCUT2D eigenvalue weighted by Gasteiger charge is 2.27. The maximum atomic E-state index is 13.5. The lowest BCUT2D eigenvalue weighted by Crippen LogP contribution is -2.28. The van der Waals surface area contributed by atoms with Gasteiger partial charge in [-0.25, -0.2) is 4.39 Å². The van der Waals surface area contributed by atoms with E-state index in [1.54, 1.807) is 0 Å². The van der Waals surface area contributed by atoms with Crippen LogP contribution < -0.4 is 10.1 Å². The van der Waals surface area contributed by atoms with Crippen molar-refractivity contribution in [3.63, 3.8) is 0 Å². The molecule has 1 fully saturated rings. The first-order chi connectivity index (χ1) is 9.69. The Morgan fingerprint density at radius 3 is 2.55 bits per heavy atom. The van der Waals surface area contributed by atoms with E-state index in [0.717, 1.165) is 11.5 Å². The molecule has 0 amide bonds. The third-order valence-electron chi connectivity index (χ3n) is 4.79. The highest BCUT2D eigenvalue weighted by Crippen LogP contribution is 2.38. The third-order valence-corrected chi connectivity index (χ3v) is 4.79. The first kappa shape index (κ1) is 15.3. The van der Waals surface area contributed by atoms with Gasteiger partial charge in [-0.1, -0.05) is 32.3 Å². The molecule has 20 heavy (non-hydrogen) atoms. The molecule has 0 heterocycles. The summed E-state index contributed by atoms with van der Waals surface area (Å²) in [6.45, 7) is 2.28. The lowest BCUT2D eigenvalue weighted by molar-refractivity contribution is 0.224. The van der Waals surface area contributed by atoms with Crippen LogP contribution >= 0.6 is 0 Å². The van der Waals surface area contributed by atoms with Crippen LogP contribution in [0, 0.1) is 17.7 Å². The zero-order valence-corrected chi connectivity index (χ0v) is 12.8.